The van der Waals surface area contributed by atoms with Crippen LogP contribution in [0.4, 0.5) is 10.1 Å². The number of hydrogen-bond acceptors (Lipinski definition) is 2. The van der Waals surface area contributed by atoms with Crippen LogP contribution in [0, 0.1) is 5.82 Å². The normalized spacial score (nSPS) is 21.2. The molecule has 1 fully saturated rings. The summed E-state index contributed by atoms with van der Waals surface area (Å²) < 4.78 is 13.8. The average molecular weight is 260 g/mol. The number of rotatable bonds is 2. The predicted molar refractivity (Wildman–Crippen MR) is 70.1 cm³/mol. The molecule has 0 aromatic heterocycles. The first-order chi connectivity index (χ1) is 7.70. The van der Waals surface area contributed by atoms with E-state index in [1.807, 2.05) is 23.9 Å². The molecule has 1 heterocycles. The highest BCUT2D eigenvalue weighted by Crippen LogP contribution is 2.26. The van der Waals surface area contributed by atoms with Gasteiger partial charge in [-0.1, -0.05) is 13.0 Å². The van der Waals surface area contributed by atoms with E-state index < -0.39 is 0 Å². The number of halogens is 2. The third-order valence-corrected chi connectivity index (χ3v) is 4.19. The van der Waals surface area contributed by atoms with Gasteiger partial charge in [-0.2, -0.15) is 11.8 Å². The van der Waals surface area contributed by atoms with Crippen LogP contribution in [0.25, 0.3) is 0 Å². The maximum absolute atomic E-state index is 13.8. The molecule has 0 spiro atoms. The Balaban J connectivity index is 2.19. The molecule has 1 aromatic rings. The van der Waals surface area contributed by atoms with Gasteiger partial charge < -0.3 is 4.90 Å². The van der Waals surface area contributed by atoms with Gasteiger partial charge in [-0.3, -0.25) is 0 Å². The first kappa shape index (κ1) is 12.1. The van der Waals surface area contributed by atoms with E-state index in [1.165, 1.54) is 6.07 Å². The maximum Gasteiger partial charge on any atom is 0.146 e. The first-order valence-corrected chi connectivity index (χ1v) is 7.00. The van der Waals surface area contributed by atoms with Crippen molar-refractivity contribution in [1.82, 2.24) is 0 Å². The number of benzene rings is 1. The molecule has 0 aliphatic carbocycles. The van der Waals surface area contributed by atoms with Crippen molar-refractivity contribution in [2.75, 3.05) is 23.7 Å². The molecule has 0 saturated carbocycles. The number of alkyl halides is 1. The standard InChI is InChI=1S/C12H15ClFNS/c1-9-8-15(4-5-16-9)12-3-2-10(7-13)6-11(12)14/h2-3,6,9H,4-5,7-8H2,1H3. The molecule has 2 rings (SSSR count). The van der Waals surface area contributed by atoms with E-state index in [-0.39, 0.29) is 5.82 Å². The van der Waals surface area contributed by atoms with E-state index in [9.17, 15) is 4.39 Å². The lowest BCUT2D eigenvalue weighted by atomic mass is 10.2. The van der Waals surface area contributed by atoms with Gasteiger partial charge in [0, 0.05) is 30.0 Å². The molecule has 88 valence electrons. The molecule has 1 aromatic carbocycles. The topological polar surface area (TPSA) is 3.24 Å². The number of hydrogen-bond donors (Lipinski definition) is 0. The first-order valence-electron chi connectivity index (χ1n) is 5.41. The molecule has 0 amide bonds. The lowest BCUT2D eigenvalue weighted by Crippen LogP contribution is -2.37. The Morgan fingerprint density at radius 3 is 3.00 bits per heavy atom. The second-order valence-corrected chi connectivity index (χ2v) is 5.86. The Morgan fingerprint density at radius 2 is 2.38 bits per heavy atom. The number of thioether (sulfide) groups is 1. The molecular weight excluding hydrogens is 245 g/mol. The zero-order chi connectivity index (χ0) is 11.5. The SMILES string of the molecule is CC1CN(c2ccc(CCl)cc2F)CCS1. The quantitative estimate of drug-likeness (QED) is 0.748. The summed E-state index contributed by atoms with van der Waals surface area (Å²) >= 11 is 7.62. The lowest BCUT2D eigenvalue weighted by molar-refractivity contribution is 0.615. The summed E-state index contributed by atoms with van der Waals surface area (Å²) in [6.07, 6.45) is 0. The summed E-state index contributed by atoms with van der Waals surface area (Å²) in [5.41, 5.74) is 1.54. The number of anilines is 1. The summed E-state index contributed by atoms with van der Waals surface area (Å²) in [7, 11) is 0. The molecule has 1 aliphatic rings. The highest BCUT2D eigenvalue weighted by molar-refractivity contribution is 8.00. The third kappa shape index (κ3) is 2.64. The average Bonchev–Trinajstić information content (AvgIpc) is 2.28. The van der Waals surface area contributed by atoms with Crippen LogP contribution in [0.3, 0.4) is 0 Å². The van der Waals surface area contributed by atoms with Gasteiger partial charge in [-0.25, -0.2) is 4.39 Å². The smallest absolute Gasteiger partial charge is 0.146 e. The lowest BCUT2D eigenvalue weighted by Gasteiger charge is -2.32. The summed E-state index contributed by atoms with van der Waals surface area (Å²) in [6, 6.07) is 5.28. The van der Waals surface area contributed by atoms with Gasteiger partial charge in [0.05, 0.1) is 5.69 Å². The fourth-order valence-corrected chi connectivity index (χ4v) is 3.11. The molecular formula is C12H15ClFNS. The molecule has 0 bridgehead atoms. The highest BCUT2D eigenvalue weighted by atomic mass is 35.5. The van der Waals surface area contributed by atoms with Gasteiger partial charge in [0.15, 0.2) is 0 Å². The Kier molecular flexibility index (Phi) is 3.98. The van der Waals surface area contributed by atoms with Crippen LogP contribution >= 0.6 is 23.4 Å². The van der Waals surface area contributed by atoms with Crippen LogP contribution in [0.15, 0.2) is 18.2 Å². The third-order valence-electron chi connectivity index (χ3n) is 2.75. The molecule has 1 nitrogen and oxygen atoms in total. The summed E-state index contributed by atoms with van der Waals surface area (Å²) in [6.45, 7) is 4.02. The van der Waals surface area contributed by atoms with Crippen molar-refractivity contribution in [1.29, 1.82) is 0 Å². The summed E-state index contributed by atoms with van der Waals surface area (Å²) in [4.78, 5) is 2.12. The van der Waals surface area contributed by atoms with Crippen molar-refractivity contribution < 1.29 is 4.39 Å². The van der Waals surface area contributed by atoms with Crippen molar-refractivity contribution in [2.45, 2.75) is 18.1 Å². The zero-order valence-corrected chi connectivity index (χ0v) is 10.8. The second kappa shape index (κ2) is 5.28. The molecule has 16 heavy (non-hydrogen) atoms. The van der Waals surface area contributed by atoms with Crippen LogP contribution in [-0.2, 0) is 5.88 Å². The minimum atomic E-state index is -0.155. The minimum absolute atomic E-state index is 0.155. The molecule has 1 aliphatic heterocycles. The molecule has 1 saturated heterocycles. The van der Waals surface area contributed by atoms with E-state index in [1.54, 1.807) is 0 Å². The van der Waals surface area contributed by atoms with Crippen molar-refractivity contribution in [3.63, 3.8) is 0 Å². The Morgan fingerprint density at radius 1 is 1.56 bits per heavy atom. The Labute approximate surface area is 105 Å². The largest absolute Gasteiger partial charge is 0.367 e. The number of nitrogens with zero attached hydrogens (tertiary/aromatic N) is 1. The van der Waals surface area contributed by atoms with Crippen LogP contribution in [0.2, 0.25) is 0 Å². The Bertz CT molecular complexity index is 372. The predicted octanol–water partition coefficient (Wildman–Crippen LogP) is 3.51. The van der Waals surface area contributed by atoms with E-state index >= 15 is 0 Å². The van der Waals surface area contributed by atoms with Crippen LogP contribution in [0.5, 0.6) is 0 Å². The highest BCUT2D eigenvalue weighted by Gasteiger charge is 2.19. The summed E-state index contributed by atoms with van der Waals surface area (Å²) in [5, 5.41) is 0.570. The van der Waals surface area contributed by atoms with E-state index in [0.29, 0.717) is 16.8 Å². The minimum Gasteiger partial charge on any atom is -0.367 e. The van der Waals surface area contributed by atoms with E-state index in [4.69, 9.17) is 11.6 Å². The molecule has 1 unspecified atom stereocenters. The van der Waals surface area contributed by atoms with Crippen LogP contribution < -0.4 is 4.90 Å². The molecule has 4 heteroatoms. The van der Waals surface area contributed by atoms with Crippen LogP contribution in [-0.4, -0.2) is 24.1 Å². The van der Waals surface area contributed by atoms with E-state index in [0.717, 1.165) is 24.4 Å². The fourth-order valence-electron chi connectivity index (χ4n) is 1.93. The van der Waals surface area contributed by atoms with Crippen molar-refractivity contribution >= 4 is 29.1 Å². The second-order valence-electron chi connectivity index (χ2n) is 4.05. The van der Waals surface area contributed by atoms with Gasteiger partial charge in [-0.15, -0.1) is 11.6 Å². The van der Waals surface area contributed by atoms with E-state index in [2.05, 4.69) is 11.8 Å². The monoisotopic (exact) mass is 259 g/mol. The van der Waals surface area contributed by atoms with Gasteiger partial charge in [0.1, 0.15) is 5.82 Å². The van der Waals surface area contributed by atoms with Gasteiger partial charge in [-0.05, 0) is 17.7 Å². The van der Waals surface area contributed by atoms with Crippen molar-refractivity contribution in [3.8, 4) is 0 Å². The maximum atomic E-state index is 13.8. The van der Waals surface area contributed by atoms with Gasteiger partial charge in [0.25, 0.3) is 0 Å². The Hall–Kier alpha value is -0.410. The van der Waals surface area contributed by atoms with Crippen LogP contribution in [0.1, 0.15) is 12.5 Å². The van der Waals surface area contributed by atoms with Gasteiger partial charge in [0.2, 0.25) is 0 Å². The molecule has 0 N–H and O–H groups in total. The van der Waals surface area contributed by atoms with Gasteiger partial charge >= 0.3 is 0 Å². The zero-order valence-electron chi connectivity index (χ0n) is 9.25. The summed E-state index contributed by atoms with van der Waals surface area (Å²) in [5.74, 6) is 1.28. The molecule has 0 radical (unpaired) electrons. The van der Waals surface area contributed by atoms with Crippen molar-refractivity contribution in [3.05, 3.63) is 29.6 Å². The molecule has 1 atom stereocenters. The van der Waals surface area contributed by atoms with Crippen molar-refractivity contribution in [2.24, 2.45) is 0 Å². The fraction of sp³-hybridized carbons (Fsp3) is 0.500.